The Bertz CT molecular complexity index is 638. The molecule has 0 saturated heterocycles. The Morgan fingerprint density at radius 2 is 1.95 bits per heavy atom. The maximum atomic E-state index is 12.5. The van der Waals surface area contributed by atoms with Crippen LogP contribution in [0.2, 0.25) is 5.02 Å². The van der Waals surface area contributed by atoms with Crippen molar-refractivity contribution in [1.82, 2.24) is 0 Å². The standard InChI is InChI=1S/C15H14ClNO2/c1-9-11(4-3-5-14(9)19-2)15(18)12-8-10(16)6-7-13(12)17/h3-8H,17H2,1-2H3. The van der Waals surface area contributed by atoms with E-state index in [1.807, 2.05) is 13.0 Å². The summed E-state index contributed by atoms with van der Waals surface area (Å²) in [5.74, 6) is 0.517. The van der Waals surface area contributed by atoms with Crippen molar-refractivity contribution in [2.75, 3.05) is 12.8 Å². The maximum Gasteiger partial charge on any atom is 0.195 e. The highest BCUT2D eigenvalue weighted by atomic mass is 35.5. The molecule has 0 bridgehead atoms. The minimum atomic E-state index is -0.156. The van der Waals surface area contributed by atoms with Gasteiger partial charge in [0.2, 0.25) is 0 Å². The van der Waals surface area contributed by atoms with Crippen molar-refractivity contribution in [2.45, 2.75) is 6.92 Å². The molecular weight excluding hydrogens is 262 g/mol. The minimum absolute atomic E-state index is 0.156. The van der Waals surface area contributed by atoms with Gasteiger partial charge in [0, 0.05) is 27.4 Å². The fourth-order valence-electron chi connectivity index (χ4n) is 1.95. The minimum Gasteiger partial charge on any atom is -0.496 e. The van der Waals surface area contributed by atoms with E-state index in [2.05, 4.69) is 0 Å². The molecule has 3 nitrogen and oxygen atoms in total. The number of nitrogens with two attached hydrogens (primary N) is 1. The third-order valence-electron chi connectivity index (χ3n) is 3.01. The molecule has 19 heavy (non-hydrogen) atoms. The molecule has 2 N–H and O–H groups in total. The number of hydrogen-bond acceptors (Lipinski definition) is 3. The fourth-order valence-corrected chi connectivity index (χ4v) is 2.12. The zero-order chi connectivity index (χ0) is 14.0. The first-order valence-corrected chi connectivity index (χ1v) is 6.15. The molecule has 0 aromatic heterocycles. The molecule has 4 heteroatoms. The number of benzene rings is 2. The van der Waals surface area contributed by atoms with Crippen LogP contribution in [0.1, 0.15) is 21.5 Å². The summed E-state index contributed by atoms with van der Waals surface area (Å²) in [6.45, 7) is 1.84. The monoisotopic (exact) mass is 275 g/mol. The normalized spacial score (nSPS) is 10.3. The Hall–Kier alpha value is -2.00. The quantitative estimate of drug-likeness (QED) is 0.689. The van der Waals surface area contributed by atoms with Crippen LogP contribution in [0.3, 0.4) is 0 Å². The number of nitrogen functional groups attached to an aromatic ring is 1. The molecule has 98 valence electrons. The van der Waals surface area contributed by atoms with Crippen molar-refractivity contribution >= 4 is 23.1 Å². The molecule has 2 rings (SSSR count). The summed E-state index contributed by atoms with van der Waals surface area (Å²) in [7, 11) is 1.57. The summed E-state index contributed by atoms with van der Waals surface area (Å²) in [6.07, 6.45) is 0. The van der Waals surface area contributed by atoms with Gasteiger partial charge in [0.1, 0.15) is 5.75 Å². The maximum absolute atomic E-state index is 12.5. The molecular formula is C15H14ClNO2. The molecule has 0 amide bonds. The lowest BCUT2D eigenvalue weighted by molar-refractivity contribution is 0.103. The molecule has 0 aliphatic carbocycles. The summed E-state index contributed by atoms with van der Waals surface area (Å²) in [4.78, 5) is 12.5. The van der Waals surface area contributed by atoms with Gasteiger partial charge in [-0.1, -0.05) is 23.7 Å². The number of ketones is 1. The number of carbonyl (C=O) groups is 1. The van der Waals surface area contributed by atoms with E-state index in [0.717, 1.165) is 5.56 Å². The summed E-state index contributed by atoms with van der Waals surface area (Å²) >= 11 is 5.91. The summed E-state index contributed by atoms with van der Waals surface area (Å²) in [5, 5.41) is 0.484. The van der Waals surface area contributed by atoms with Crippen LogP contribution in [0.5, 0.6) is 5.75 Å². The van der Waals surface area contributed by atoms with Crippen LogP contribution in [0.15, 0.2) is 36.4 Å². The molecule has 0 aliphatic rings. The van der Waals surface area contributed by atoms with Crippen LogP contribution in [-0.4, -0.2) is 12.9 Å². The first kappa shape index (κ1) is 13.4. The molecule has 0 atom stereocenters. The van der Waals surface area contributed by atoms with Crippen LogP contribution >= 0.6 is 11.6 Å². The highest BCUT2D eigenvalue weighted by molar-refractivity contribution is 6.31. The number of rotatable bonds is 3. The number of ether oxygens (including phenoxy) is 1. The number of anilines is 1. The topological polar surface area (TPSA) is 52.3 Å². The van der Waals surface area contributed by atoms with E-state index in [9.17, 15) is 4.79 Å². The lowest BCUT2D eigenvalue weighted by Gasteiger charge is -2.11. The molecule has 0 unspecified atom stereocenters. The molecule has 0 aliphatic heterocycles. The largest absolute Gasteiger partial charge is 0.496 e. The zero-order valence-electron chi connectivity index (χ0n) is 10.7. The Kier molecular flexibility index (Phi) is 3.76. The molecule has 0 fully saturated rings. The lowest BCUT2D eigenvalue weighted by atomic mass is 9.97. The van der Waals surface area contributed by atoms with Crippen LogP contribution < -0.4 is 10.5 Å². The predicted octanol–water partition coefficient (Wildman–Crippen LogP) is 3.47. The Balaban J connectivity index is 2.53. The first-order valence-electron chi connectivity index (χ1n) is 5.78. The molecule has 2 aromatic carbocycles. The average Bonchev–Trinajstić information content (AvgIpc) is 2.41. The van der Waals surface area contributed by atoms with E-state index in [1.165, 1.54) is 0 Å². The van der Waals surface area contributed by atoms with Gasteiger partial charge in [0.05, 0.1) is 7.11 Å². The fraction of sp³-hybridized carbons (Fsp3) is 0.133. The molecule has 0 heterocycles. The highest BCUT2D eigenvalue weighted by Crippen LogP contribution is 2.26. The van der Waals surface area contributed by atoms with Crippen molar-refractivity contribution < 1.29 is 9.53 Å². The van der Waals surface area contributed by atoms with Gasteiger partial charge in [-0.05, 0) is 31.2 Å². The second kappa shape index (κ2) is 5.33. The SMILES string of the molecule is COc1cccc(C(=O)c2cc(Cl)ccc2N)c1C. The van der Waals surface area contributed by atoms with E-state index in [0.29, 0.717) is 27.6 Å². The Labute approximate surface area is 117 Å². The Morgan fingerprint density at radius 3 is 2.63 bits per heavy atom. The molecule has 0 saturated carbocycles. The molecule has 0 spiro atoms. The van der Waals surface area contributed by atoms with Gasteiger partial charge in [-0.25, -0.2) is 0 Å². The van der Waals surface area contributed by atoms with Crippen molar-refractivity contribution in [3.8, 4) is 5.75 Å². The van der Waals surface area contributed by atoms with Crippen molar-refractivity contribution in [3.05, 3.63) is 58.1 Å². The lowest BCUT2D eigenvalue weighted by Crippen LogP contribution is -2.07. The third kappa shape index (κ3) is 2.56. The summed E-state index contributed by atoms with van der Waals surface area (Å²) in [6, 6.07) is 10.2. The second-order valence-electron chi connectivity index (χ2n) is 4.19. The van der Waals surface area contributed by atoms with Gasteiger partial charge >= 0.3 is 0 Å². The van der Waals surface area contributed by atoms with Crippen molar-refractivity contribution in [1.29, 1.82) is 0 Å². The number of hydrogen-bond donors (Lipinski definition) is 1. The zero-order valence-corrected chi connectivity index (χ0v) is 11.5. The van der Waals surface area contributed by atoms with E-state index in [-0.39, 0.29) is 5.78 Å². The number of halogens is 1. The average molecular weight is 276 g/mol. The Morgan fingerprint density at radius 1 is 1.21 bits per heavy atom. The van der Waals surface area contributed by atoms with Gasteiger partial charge in [0.15, 0.2) is 5.78 Å². The molecule has 2 aromatic rings. The van der Waals surface area contributed by atoms with Gasteiger partial charge in [-0.2, -0.15) is 0 Å². The highest BCUT2D eigenvalue weighted by Gasteiger charge is 2.16. The van der Waals surface area contributed by atoms with Gasteiger partial charge in [-0.3, -0.25) is 4.79 Å². The van der Waals surface area contributed by atoms with Crippen molar-refractivity contribution in [2.24, 2.45) is 0 Å². The third-order valence-corrected chi connectivity index (χ3v) is 3.24. The van der Waals surface area contributed by atoms with E-state index in [1.54, 1.807) is 37.4 Å². The van der Waals surface area contributed by atoms with E-state index in [4.69, 9.17) is 22.1 Å². The number of carbonyl (C=O) groups excluding carboxylic acids is 1. The van der Waals surface area contributed by atoms with Gasteiger partial charge in [-0.15, -0.1) is 0 Å². The second-order valence-corrected chi connectivity index (χ2v) is 4.63. The van der Waals surface area contributed by atoms with E-state index < -0.39 is 0 Å². The smallest absolute Gasteiger partial charge is 0.195 e. The summed E-state index contributed by atoms with van der Waals surface area (Å²) < 4.78 is 5.22. The van der Waals surface area contributed by atoms with Crippen molar-refractivity contribution in [3.63, 3.8) is 0 Å². The predicted molar refractivity (Wildman–Crippen MR) is 77.0 cm³/mol. The van der Waals surface area contributed by atoms with Crippen LogP contribution in [0.4, 0.5) is 5.69 Å². The number of methoxy groups -OCH3 is 1. The van der Waals surface area contributed by atoms with E-state index >= 15 is 0 Å². The van der Waals surface area contributed by atoms with Crippen LogP contribution in [0.25, 0.3) is 0 Å². The van der Waals surface area contributed by atoms with Crippen LogP contribution in [0, 0.1) is 6.92 Å². The first-order chi connectivity index (χ1) is 9.04. The van der Waals surface area contributed by atoms with Gasteiger partial charge < -0.3 is 10.5 Å². The molecule has 0 radical (unpaired) electrons. The van der Waals surface area contributed by atoms with Crippen LogP contribution in [-0.2, 0) is 0 Å². The summed E-state index contributed by atoms with van der Waals surface area (Å²) in [5.41, 5.74) is 8.01. The van der Waals surface area contributed by atoms with Gasteiger partial charge in [0.25, 0.3) is 0 Å².